The SMILES string of the molecule is CCCCCCCCNC(N)=NCC1CC(=O)Nc2ccccc21. The van der Waals surface area contributed by atoms with Gasteiger partial charge in [-0.2, -0.15) is 0 Å². The Balaban J connectivity index is 1.73. The molecule has 0 saturated heterocycles. The number of rotatable bonds is 9. The van der Waals surface area contributed by atoms with E-state index >= 15 is 0 Å². The van der Waals surface area contributed by atoms with Gasteiger partial charge in [-0.15, -0.1) is 0 Å². The minimum atomic E-state index is 0.0486. The molecule has 0 saturated carbocycles. The highest BCUT2D eigenvalue weighted by Crippen LogP contribution is 2.31. The molecule has 1 aromatic rings. The van der Waals surface area contributed by atoms with E-state index in [-0.39, 0.29) is 11.8 Å². The molecule has 1 heterocycles. The Morgan fingerprint density at radius 1 is 1.25 bits per heavy atom. The maximum atomic E-state index is 11.8. The Bertz CT molecular complexity index is 556. The lowest BCUT2D eigenvalue weighted by atomic mass is 9.91. The van der Waals surface area contributed by atoms with E-state index in [1.165, 1.54) is 32.1 Å². The van der Waals surface area contributed by atoms with E-state index in [1.807, 2.05) is 18.2 Å². The van der Waals surface area contributed by atoms with Crippen molar-refractivity contribution in [1.82, 2.24) is 5.32 Å². The van der Waals surface area contributed by atoms with E-state index < -0.39 is 0 Å². The van der Waals surface area contributed by atoms with Crippen molar-refractivity contribution in [1.29, 1.82) is 0 Å². The largest absolute Gasteiger partial charge is 0.370 e. The lowest BCUT2D eigenvalue weighted by Gasteiger charge is -2.24. The van der Waals surface area contributed by atoms with Gasteiger partial charge in [0, 0.05) is 24.6 Å². The summed E-state index contributed by atoms with van der Waals surface area (Å²) in [5.41, 5.74) is 7.99. The molecule has 132 valence electrons. The van der Waals surface area contributed by atoms with Crippen molar-refractivity contribution in [3.63, 3.8) is 0 Å². The molecule has 0 fully saturated rings. The number of carbonyl (C=O) groups excluding carboxylic acids is 1. The Morgan fingerprint density at radius 2 is 2.00 bits per heavy atom. The molecule has 0 aliphatic carbocycles. The number of nitrogens with two attached hydrogens (primary N) is 1. The average Bonchev–Trinajstić information content (AvgIpc) is 2.58. The minimum Gasteiger partial charge on any atom is -0.370 e. The lowest BCUT2D eigenvalue weighted by Crippen LogP contribution is -2.33. The zero-order valence-electron chi connectivity index (χ0n) is 14.7. The first-order valence-corrected chi connectivity index (χ1v) is 9.13. The van der Waals surface area contributed by atoms with Gasteiger partial charge in [-0.1, -0.05) is 57.2 Å². The van der Waals surface area contributed by atoms with Gasteiger partial charge in [-0.05, 0) is 18.1 Å². The van der Waals surface area contributed by atoms with Gasteiger partial charge in [0.1, 0.15) is 0 Å². The standard InChI is InChI=1S/C19H30N4O/c1-2-3-4-5-6-9-12-21-19(20)22-14-15-13-18(24)23-17-11-8-7-10-16(15)17/h7-8,10-11,15H,2-6,9,12-14H2,1H3,(H,23,24)(H3,20,21,22). The first kappa shape index (κ1) is 18.3. The zero-order valence-corrected chi connectivity index (χ0v) is 14.7. The van der Waals surface area contributed by atoms with Crippen LogP contribution in [-0.2, 0) is 4.79 Å². The van der Waals surface area contributed by atoms with Crippen LogP contribution in [0.3, 0.4) is 0 Å². The van der Waals surface area contributed by atoms with Crippen LogP contribution in [0.5, 0.6) is 0 Å². The van der Waals surface area contributed by atoms with Crippen LogP contribution >= 0.6 is 0 Å². The summed E-state index contributed by atoms with van der Waals surface area (Å²) in [7, 11) is 0. The number of nitrogens with zero attached hydrogens (tertiary/aromatic N) is 1. The number of nitrogens with one attached hydrogen (secondary N) is 2. The van der Waals surface area contributed by atoms with Crippen LogP contribution in [0.25, 0.3) is 0 Å². The number of hydrogen-bond acceptors (Lipinski definition) is 2. The Kier molecular flexibility index (Phi) is 7.59. The number of carbonyl (C=O) groups is 1. The molecule has 0 spiro atoms. The number of amides is 1. The Labute approximate surface area is 145 Å². The van der Waals surface area contributed by atoms with Crippen LogP contribution in [-0.4, -0.2) is 25.0 Å². The highest BCUT2D eigenvalue weighted by molar-refractivity contribution is 5.94. The van der Waals surface area contributed by atoms with E-state index in [2.05, 4.69) is 28.6 Å². The predicted molar refractivity (Wildman–Crippen MR) is 100 cm³/mol. The van der Waals surface area contributed by atoms with E-state index in [0.29, 0.717) is 18.9 Å². The monoisotopic (exact) mass is 330 g/mol. The van der Waals surface area contributed by atoms with Crippen LogP contribution in [0.15, 0.2) is 29.3 Å². The third-order valence-electron chi connectivity index (χ3n) is 4.42. The second-order valence-corrected chi connectivity index (χ2v) is 6.46. The summed E-state index contributed by atoms with van der Waals surface area (Å²) >= 11 is 0. The van der Waals surface area contributed by atoms with Gasteiger partial charge in [0.2, 0.25) is 5.91 Å². The summed E-state index contributed by atoms with van der Waals surface area (Å²) in [5.74, 6) is 0.629. The molecule has 0 aromatic heterocycles. The van der Waals surface area contributed by atoms with Crippen LogP contribution in [0.4, 0.5) is 5.69 Å². The summed E-state index contributed by atoms with van der Waals surface area (Å²) in [6, 6.07) is 7.91. The van der Waals surface area contributed by atoms with E-state index in [1.54, 1.807) is 0 Å². The van der Waals surface area contributed by atoms with Crippen LogP contribution in [0.1, 0.15) is 63.4 Å². The molecule has 24 heavy (non-hydrogen) atoms. The molecule has 1 unspecified atom stereocenters. The summed E-state index contributed by atoms with van der Waals surface area (Å²) in [4.78, 5) is 16.2. The van der Waals surface area contributed by atoms with Gasteiger partial charge in [0.05, 0.1) is 6.54 Å². The number of fused-ring (bicyclic) bond motifs is 1. The molecule has 5 heteroatoms. The first-order valence-electron chi connectivity index (χ1n) is 9.13. The fourth-order valence-electron chi connectivity index (χ4n) is 3.05. The third kappa shape index (κ3) is 5.87. The minimum absolute atomic E-state index is 0.0486. The number of unbranched alkanes of at least 4 members (excludes halogenated alkanes) is 5. The highest BCUT2D eigenvalue weighted by Gasteiger charge is 2.24. The lowest BCUT2D eigenvalue weighted by molar-refractivity contribution is -0.116. The molecule has 0 bridgehead atoms. The fourth-order valence-corrected chi connectivity index (χ4v) is 3.05. The molecule has 5 nitrogen and oxygen atoms in total. The second-order valence-electron chi connectivity index (χ2n) is 6.46. The molecule has 1 atom stereocenters. The number of hydrogen-bond donors (Lipinski definition) is 3. The molecule has 2 rings (SSSR count). The summed E-state index contributed by atoms with van der Waals surface area (Å²) in [5, 5.41) is 6.08. The average molecular weight is 330 g/mol. The molecule has 0 radical (unpaired) electrons. The third-order valence-corrected chi connectivity index (χ3v) is 4.42. The van der Waals surface area contributed by atoms with Gasteiger partial charge in [-0.3, -0.25) is 9.79 Å². The van der Waals surface area contributed by atoms with Gasteiger partial charge in [0.15, 0.2) is 5.96 Å². The normalized spacial score (nSPS) is 17.3. The van der Waals surface area contributed by atoms with Crippen LogP contribution < -0.4 is 16.4 Å². The number of guanidine groups is 1. The smallest absolute Gasteiger partial charge is 0.225 e. The van der Waals surface area contributed by atoms with E-state index in [9.17, 15) is 4.79 Å². The second kappa shape index (κ2) is 9.96. The molecule has 1 aromatic carbocycles. The number of aliphatic imine (C=N–C) groups is 1. The van der Waals surface area contributed by atoms with Gasteiger partial charge >= 0.3 is 0 Å². The maximum absolute atomic E-state index is 11.8. The topological polar surface area (TPSA) is 79.5 Å². The van der Waals surface area contributed by atoms with E-state index in [4.69, 9.17) is 5.73 Å². The van der Waals surface area contributed by atoms with Crippen molar-refractivity contribution in [2.75, 3.05) is 18.4 Å². The van der Waals surface area contributed by atoms with E-state index in [0.717, 1.165) is 24.2 Å². The molecular formula is C19H30N4O. The van der Waals surface area contributed by atoms with Crippen molar-refractivity contribution >= 4 is 17.6 Å². The molecule has 1 amide bonds. The molecule has 4 N–H and O–H groups in total. The number of anilines is 1. The quantitative estimate of drug-likeness (QED) is 0.369. The van der Waals surface area contributed by atoms with Crippen LogP contribution in [0, 0.1) is 0 Å². The number of benzene rings is 1. The Hall–Kier alpha value is -2.04. The fraction of sp³-hybridized carbons (Fsp3) is 0.579. The molecule has 1 aliphatic rings. The van der Waals surface area contributed by atoms with Gasteiger partial charge in [-0.25, -0.2) is 0 Å². The van der Waals surface area contributed by atoms with Crippen molar-refractivity contribution in [2.24, 2.45) is 10.7 Å². The summed E-state index contributed by atoms with van der Waals surface area (Å²) < 4.78 is 0. The van der Waals surface area contributed by atoms with Crippen molar-refractivity contribution < 1.29 is 4.79 Å². The van der Waals surface area contributed by atoms with Gasteiger partial charge < -0.3 is 16.4 Å². The summed E-state index contributed by atoms with van der Waals surface area (Å²) in [6.45, 7) is 3.63. The molecular weight excluding hydrogens is 300 g/mol. The van der Waals surface area contributed by atoms with Crippen molar-refractivity contribution in [3.05, 3.63) is 29.8 Å². The van der Waals surface area contributed by atoms with Crippen LogP contribution in [0.2, 0.25) is 0 Å². The van der Waals surface area contributed by atoms with Crippen molar-refractivity contribution in [3.8, 4) is 0 Å². The maximum Gasteiger partial charge on any atom is 0.225 e. The Morgan fingerprint density at radius 3 is 2.83 bits per heavy atom. The van der Waals surface area contributed by atoms with Gasteiger partial charge in [0.25, 0.3) is 0 Å². The van der Waals surface area contributed by atoms with Crippen molar-refractivity contribution in [2.45, 2.75) is 57.8 Å². The molecule has 1 aliphatic heterocycles. The predicted octanol–water partition coefficient (Wildman–Crippen LogP) is 3.38. The first-order chi connectivity index (χ1) is 11.7. The summed E-state index contributed by atoms with van der Waals surface area (Å²) in [6.07, 6.45) is 8.04. The highest BCUT2D eigenvalue weighted by atomic mass is 16.1. The zero-order chi connectivity index (χ0) is 17.2. The number of para-hydroxylation sites is 1.